The van der Waals surface area contributed by atoms with Crippen LogP contribution in [0, 0.1) is 19.7 Å². The molecule has 2 aliphatic heterocycles. The number of ether oxygens (including phenoxy) is 2. The van der Waals surface area contributed by atoms with Crippen molar-refractivity contribution in [3.05, 3.63) is 63.7 Å². The molecular weight excluding hydrogens is 457 g/mol. The number of nitrogens with zero attached hydrogens (tertiary/aromatic N) is 2. The highest BCUT2D eigenvalue weighted by molar-refractivity contribution is 6.46. The number of likely N-dealkylation sites (tertiary alicyclic amines) is 1. The Labute approximate surface area is 202 Å². The van der Waals surface area contributed by atoms with Crippen molar-refractivity contribution in [3.8, 4) is 0 Å². The minimum Gasteiger partial charge on any atom is -0.507 e. The lowest BCUT2D eigenvalue weighted by molar-refractivity contribution is -0.140. The number of amides is 1. The molecule has 0 saturated carbocycles. The van der Waals surface area contributed by atoms with Gasteiger partial charge in [0, 0.05) is 37.4 Å². The Morgan fingerprint density at radius 1 is 1.17 bits per heavy atom. The zero-order valence-electron chi connectivity index (χ0n) is 19.9. The predicted molar refractivity (Wildman–Crippen MR) is 124 cm³/mol. The van der Waals surface area contributed by atoms with Crippen LogP contribution in [0.5, 0.6) is 0 Å². The number of carbonyl (C=O) groups excluding carboxylic acids is 3. The van der Waals surface area contributed by atoms with Crippen LogP contribution in [0.15, 0.2) is 29.8 Å². The van der Waals surface area contributed by atoms with Crippen molar-refractivity contribution >= 4 is 23.4 Å². The van der Waals surface area contributed by atoms with Crippen molar-refractivity contribution in [3.63, 3.8) is 0 Å². The van der Waals surface area contributed by atoms with Crippen LogP contribution >= 0.6 is 0 Å². The topological polar surface area (TPSA) is 112 Å². The van der Waals surface area contributed by atoms with Gasteiger partial charge in [0.2, 0.25) is 0 Å². The third kappa shape index (κ3) is 4.59. The summed E-state index contributed by atoms with van der Waals surface area (Å²) in [6.45, 7) is 6.63. The number of Topliss-reactive ketones (excluding diaryl/α,β-unsaturated/α-hetero) is 1. The number of aliphatic hydroxyl groups is 1. The lowest BCUT2D eigenvalue weighted by atomic mass is 9.94. The number of hydrogen-bond acceptors (Lipinski definition) is 7. The molecular formula is C25H28FN3O6. The van der Waals surface area contributed by atoms with Gasteiger partial charge in [-0.2, -0.15) is 0 Å². The van der Waals surface area contributed by atoms with Crippen LogP contribution in [0.2, 0.25) is 0 Å². The van der Waals surface area contributed by atoms with E-state index < -0.39 is 35.3 Å². The fourth-order valence-electron chi connectivity index (χ4n) is 4.72. The number of hydrogen-bond donors (Lipinski definition) is 2. The molecule has 0 aliphatic carbocycles. The number of aliphatic hydroxyl groups excluding tert-OH is 1. The minimum atomic E-state index is -0.910. The van der Waals surface area contributed by atoms with Crippen molar-refractivity contribution in [2.24, 2.45) is 0 Å². The number of esters is 1. The molecule has 1 aromatic carbocycles. The summed E-state index contributed by atoms with van der Waals surface area (Å²) in [5.74, 6) is -3.05. The fraction of sp³-hybridized carbons (Fsp3) is 0.400. The van der Waals surface area contributed by atoms with Gasteiger partial charge in [-0.25, -0.2) is 9.18 Å². The van der Waals surface area contributed by atoms with E-state index in [9.17, 15) is 23.9 Å². The molecule has 0 spiro atoms. The Kier molecular flexibility index (Phi) is 7.04. The third-order valence-electron chi connectivity index (χ3n) is 6.55. The molecule has 1 amide bonds. The molecule has 35 heavy (non-hydrogen) atoms. The summed E-state index contributed by atoms with van der Waals surface area (Å²) in [6.07, 6.45) is 0. The quantitative estimate of drug-likeness (QED) is 0.280. The molecule has 10 heteroatoms. The number of halogens is 1. The van der Waals surface area contributed by atoms with Gasteiger partial charge >= 0.3 is 5.97 Å². The molecule has 3 heterocycles. The fourth-order valence-corrected chi connectivity index (χ4v) is 4.72. The number of morpholine rings is 1. The number of rotatable bonds is 6. The summed E-state index contributed by atoms with van der Waals surface area (Å²) in [4.78, 5) is 44.9. The van der Waals surface area contributed by atoms with Gasteiger partial charge < -0.3 is 24.5 Å². The number of benzene rings is 1. The van der Waals surface area contributed by atoms with E-state index in [4.69, 9.17) is 9.47 Å². The van der Waals surface area contributed by atoms with Gasteiger partial charge in [0.1, 0.15) is 17.3 Å². The maximum Gasteiger partial charge on any atom is 0.354 e. The van der Waals surface area contributed by atoms with E-state index in [1.165, 1.54) is 36.3 Å². The monoisotopic (exact) mass is 485 g/mol. The van der Waals surface area contributed by atoms with Crippen LogP contribution in [0.1, 0.15) is 38.9 Å². The Bertz CT molecular complexity index is 1180. The first-order valence-corrected chi connectivity index (χ1v) is 11.4. The normalized spacial score (nSPS) is 20.5. The number of aromatic nitrogens is 1. The largest absolute Gasteiger partial charge is 0.507 e. The second kappa shape index (κ2) is 10.0. The number of H-pyrrole nitrogens is 1. The first-order chi connectivity index (χ1) is 16.7. The van der Waals surface area contributed by atoms with E-state index in [-0.39, 0.29) is 23.4 Å². The van der Waals surface area contributed by atoms with Gasteiger partial charge in [0.15, 0.2) is 0 Å². The second-order valence-corrected chi connectivity index (χ2v) is 8.61. The SMILES string of the molecule is COC(=O)c1[nH]c(C)c(/C(O)=C2\C(=O)C(=O)N(CCN3CCOCC3)[C@H]2c2ccc(F)cc2)c1C. The van der Waals surface area contributed by atoms with Gasteiger partial charge in [-0.3, -0.25) is 14.5 Å². The Morgan fingerprint density at radius 3 is 2.46 bits per heavy atom. The lowest BCUT2D eigenvalue weighted by Gasteiger charge is -2.31. The van der Waals surface area contributed by atoms with E-state index in [0.717, 1.165) is 0 Å². The zero-order chi connectivity index (χ0) is 25.3. The van der Waals surface area contributed by atoms with E-state index in [0.29, 0.717) is 49.7 Å². The van der Waals surface area contributed by atoms with E-state index in [1.807, 2.05) is 0 Å². The molecule has 2 fully saturated rings. The maximum atomic E-state index is 13.7. The van der Waals surface area contributed by atoms with Gasteiger partial charge in [0.05, 0.1) is 31.9 Å². The standard InChI is InChI=1S/C25H28FN3O6/c1-14-18(15(2)27-20(14)25(33)34-3)22(30)19-21(16-4-6-17(26)7-5-16)29(24(32)23(19)31)9-8-28-10-12-35-13-11-28/h4-7,21,27,30H,8-13H2,1-3H3/b22-19+/t21-/m0/s1. The van der Waals surface area contributed by atoms with Gasteiger partial charge in [0.25, 0.3) is 11.7 Å². The van der Waals surface area contributed by atoms with E-state index in [2.05, 4.69) is 9.88 Å². The number of methoxy groups -OCH3 is 1. The number of ketones is 1. The van der Waals surface area contributed by atoms with Crippen LogP contribution < -0.4 is 0 Å². The number of nitrogens with one attached hydrogen (secondary N) is 1. The molecule has 1 aromatic heterocycles. The number of aryl methyl sites for hydroxylation is 1. The smallest absolute Gasteiger partial charge is 0.354 e. The first-order valence-electron chi connectivity index (χ1n) is 11.4. The molecule has 0 unspecified atom stereocenters. The molecule has 4 rings (SSSR count). The van der Waals surface area contributed by atoms with Crippen LogP contribution in [0.4, 0.5) is 4.39 Å². The molecule has 2 saturated heterocycles. The maximum absolute atomic E-state index is 13.7. The summed E-state index contributed by atoms with van der Waals surface area (Å²) >= 11 is 0. The predicted octanol–water partition coefficient (Wildman–Crippen LogP) is 2.31. The Morgan fingerprint density at radius 2 is 1.83 bits per heavy atom. The molecule has 186 valence electrons. The highest BCUT2D eigenvalue weighted by atomic mass is 19.1. The van der Waals surface area contributed by atoms with Crippen LogP contribution in [-0.2, 0) is 19.1 Å². The summed E-state index contributed by atoms with van der Waals surface area (Å²) in [5, 5.41) is 11.4. The second-order valence-electron chi connectivity index (χ2n) is 8.61. The van der Waals surface area contributed by atoms with Crippen molar-refractivity contribution in [1.29, 1.82) is 0 Å². The molecule has 0 radical (unpaired) electrons. The molecule has 2 aromatic rings. The first kappa shape index (κ1) is 24.6. The highest BCUT2D eigenvalue weighted by Crippen LogP contribution is 2.40. The lowest BCUT2D eigenvalue weighted by Crippen LogP contribution is -2.42. The van der Waals surface area contributed by atoms with Gasteiger partial charge in [-0.15, -0.1) is 0 Å². The van der Waals surface area contributed by atoms with Crippen molar-refractivity contribution in [1.82, 2.24) is 14.8 Å². The summed E-state index contributed by atoms with van der Waals surface area (Å²) in [6, 6.07) is 4.58. The number of carbonyl (C=O) groups is 3. The van der Waals surface area contributed by atoms with Crippen LogP contribution in [0.25, 0.3) is 5.76 Å². The van der Waals surface area contributed by atoms with Crippen molar-refractivity contribution < 1.29 is 33.4 Å². The molecule has 9 nitrogen and oxygen atoms in total. The van der Waals surface area contributed by atoms with Crippen LogP contribution in [-0.4, -0.2) is 84.1 Å². The average Bonchev–Trinajstić information content (AvgIpc) is 3.30. The Balaban J connectivity index is 1.79. The molecule has 2 aliphatic rings. The van der Waals surface area contributed by atoms with Crippen LogP contribution in [0.3, 0.4) is 0 Å². The van der Waals surface area contributed by atoms with Gasteiger partial charge in [-0.05, 0) is 37.1 Å². The van der Waals surface area contributed by atoms with E-state index in [1.54, 1.807) is 13.8 Å². The number of aromatic amines is 1. The summed E-state index contributed by atoms with van der Waals surface area (Å²) < 4.78 is 23.8. The average molecular weight is 486 g/mol. The minimum absolute atomic E-state index is 0.106. The van der Waals surface area contributed by atoms with Gasteiger partial charge in [-0.1, -0.05) is 12.1 Å². The summed E-state index contributed by atoms with van der Waals surface area (Å²) in [5.41, 5.74) is 1.62. The molecule has 2 N–H and O–H groups in total. The van der Waals surface area contributed by atoms with E-state index >= 15 is 0 Å². The Hall–Kier alpha value is -3.50. The van der Waals surface area contributed by atoms with Crippen molar-refractivity contribution in [2.75, 3.05) is 46.5 Å². The highest BCUT2D eigenvalue weighted by Gasteiger charge is 2.46. The zero-order valence-corrected chi connectivity index (χ0v) is 19.9. The summed E-state index contributed by atoms with van der Waals surface area (Å²) in [7, 11) is 1.24. The van der Waals surface area contributed by atoms with Crippen molar-refractivity contribution in [2.45, 2.75) is 19.9 Å². The molecule has 1 atom stereocenters. The molecule has 0 bridgehead atoms. The third-order valence-corrected chi connectivity index (χ3v) is 6.55.